The van der Waals surface area contributed by atoms with Gasteiger partial charge in [0.2, 0.25) is 0 Å². The van der Waals surface area contributed by atoms with Crippen LogP contribution in [-0.4, -0.2) is 12.2 Å². The van der Waals surface area contributed by atoms with Gasteiger partial charge in [0.25, 0.3) is 0 Å². The van der Waals surface area contributed by atoms with Crippen LogP contribution in [0.2, 0.25) is 0 Å². The summed E-state index contributed by atoms with van der Waals surface area (Å²) < 4.78 is 5.06. The van der Waals surface area contributed by atoms with Crippen LogP contribution >= 0.6 is 0 Å². The summed E-state index contributed by atoms with van der Waals surface area (Å²) in [6, 6.07) is 0. The molecule has 1 rings (SSSR count). The van der Waals surface area contributed by atoms with Crippen molar-refractivity contribution in [1.82, 2.24) is 0 Å². The van der Waals surface area contributed by atoms with Gasteiger partial charge >= 0.3 is 0 Å². The zero-order valence-corrected chi connectivity index (χ0v) is 5.90. The molecule has 9 heavy (non-hydrogen) atoms. The molecule has 0 aliphatic carbocycles. The van der Waals surface area contributed by atoms with E-state index >= 15 is 0 Å². The van der Waals surface area contributed by atoms with Gasteiger partial charge in [-0.1, -0.05) is 18.8 Å². The summed E-state index contributed by atoms with van der Waals surface area (Å²) in [6.45, 7) is 4.82. The van der Waals surface area contributed by atoms with Crippen LogP contribution in [0.15, 0.2) is 0 Å². The van der Waals surface area contributed by atoms with E-state index in [9.17, 15) is 0 Å². The molecule has 0 aromatic heterocycles. The van der Waals surface area contributed by atoms with Crippen LogP contribution in [-0.2, 0) is 4.74 Å². The number of unbranched alkanes of at least 4 members (excludes halogenated alkanes) is 1. The van der Waals surface area contributed by atoms with Crippen LogP contribution in [0.3, 0.4) is 0 Å². The normalized spacial score (nSPS) is 30.9. The van der Waals surface area contributed by atoms with Gasteiger partial charge in [0.1, 0.15) is 5.60 Å². The molecular weight excluding hydrogens is 112 g/mol. The summed E-state index contributed by atoms with van der Waals surface area (Å²) >= 11 is 0. The minimum absolute atomic E-state index is 0.0803. The zero-order valence-electron chi connectivity index (χ0n) is 5.90. The van der Waals surface area contributed by atoms with Crippen LogP contribution in [0.5, 0.6) is 0 Å². The lowest BCUT2D eigenvalue weighted by Crippen LogP contribution is -1.97. The van der Waals surface area contributed by atoms with Crippen molar-refractivity contribution in [3.05, 3.63) is 6.42 Å². The van der Waals surface area contributed by atoms with Crippen LogP contribution in [0.25, 0.3) is 0 Å². The second kappa shape index (κ2) is 2.41. The Hall–Kier alpha value is -0.480. The average Bonchev–Trinajstić information content (AvgIpc) is 2.50. The summed E-state index contributed by atoms with van der Waals surface area (Å²) in [5.74, 6) is 6.04. The highest BCUT2D eigenvalue weighted by molar-refractivity contribution is 5.19. The van der Waals surface area contributed by atoms with Crippen LogP contribution in [0.1, 0.15) is 20.3 Å². The van der Waals surface area contributed by atoms with E-state index in [2.05, 4.69) is 11.8 Å². The molecule has 1 nitrogen and oxygen atoms in total. The van der Waals surface area contributed by atoms with Crippen molar-refractivity contribution in [2.45, 2.75) is 25.9 Å². The van der Waals surface area contributed by atoms with Gasteiger partial charge in [-0.3, -0.25) is 0 Å². The van der Waals surface area contributed by atoms with Crippen molar-refractivity contribution in [2.24, 2.45) is 0 Å². The van der Waals surface area contributed by atoms with Crippen molar-refractivity contribution in [2.75, 3.05) is 6.61 Å². The average molecular weight is 123 g/mol. The third-order valence-electron chi connectivity index (χ3n) is 1.24. The molecule has 0 saturated carbocycles. The molecule has 0 spiro atoms. The molecular formula is C8H11O. The number of hydrogen-bond acceptors (Lipinski definition) is 1. The molecule has 1 heterocycles. The van der Waals surface area contributed by atoms with E-state index in [1.165, 1.54) is 0 Å². The molecule has 0 aromatic carbocycles. The Morgan fingerprint density at radius 1 is 1.78 bits per heavy atom. The van der Waals surface area contributed by atoms with Crippen molar-refractivity contribution < 1.29 is 4.74 Å². The minimum Gasteiger partial charge on any atom is -0.356 e. The van der Waals surface area contributed by atoms with Crippen LogP contribution < -0.4 is 0 Å². The molecule has 1 saturated heterocycles. The molecule has 1 aliphatic rings. The third kappa shape index (κ3) is 2.07. The molecule has 1 heteroatoms. The lowest BCUT2D eigenvalue weighted by Gasteiger charge is -1.86. The first kappa shape index (κ1) is 6.64. The standard InChI is InChI=1S/C8H11O/c1-3-4-5-6-8(2)7-9-8/h3H,4,7H2,1-2H3. The molecule has 0 amide bonds. The molecule has 0 aromatic rings. The summed E-state index contributed by atoms with van der Waals surface area (Å²) in [5, 5.41) is 0. The van der Waals surface area contributed by atoms with E-state index < -0.39 is 0 Å². The zero-order chi connectivity index (χ0) is 6.74. The SMILES string of the molecule is C[CH]CC#CC1(C)CO1. The first-order valence-corrected chi connectivity index (χ1v) is 3.19. The number of ether oxygens (including phenoxy) is 1. The quantitative estimate of drug-likeness (QED) is 0.379. The minimum atomic E-state index is -0.0803. The fourth-order valence-electron chi connectivity index (χ4n) is 0.520. The van der Waals surface area contributed by atoms with E-state index in [0.29, 0.717) is 0 Å². The highest BCUT2D eigenvalue weighted by atomic mass is 16.6. The fraction of sp³-hybridized carbons (Fsp3) is 0.625. The predicted octanol–water partition coefficient (Wildman–Crippen LogP) is 1.39. The van der Waals surface area contributed by atoms with Gasteiger partial charge in [-0.05, 0) is 13.3 Å². The van der Waals surface area contributed by atoms with Gasteiger partial charge in [-0.2, -0.15) is 0 Å². The second-order valence-corrected chi connectivity index (χ2v) is 2.43. The Labute approximate surface area is 56.4 Å². The number of rotatable bonds is 1. The topological polar surface area (TPSA) is 12.5 Å². The lowest BCUT2D eigenvalue weighted by atomic mass is 10.2. The smallest absolute Gasteiger partial charge is 0.149 e. The highest BCUT2D eigenvalue weighted by Gasteiger charge is 2.36. The van der Waals surface area contributed by atoms with Crippen LogP contribution in [0.4, 0.5) is 0 Å². The summed E-state index contributed by atoms with van der Waals surface area (Å²) in [5.41, 5.74) is -0.0803. The Balaban J connectivity index is 2.24. The van der Waals surface area contributed by atoms with Gasteiger partial charge in [-0.15, -0.1) is 0 Å². The van der Waals surface area contributed by atoms with E-state index in [-0.39, 0.29) is 5.60 Å². The molecule has 49 valence electrons. The summed E-state index contributed by atoms with van der Waals surface area (Å²) in [6.07, 6.45) is 2.91. The predicted molar refractivity (Wildman–Crippen MR) is 36.7 cm³/mol. The first-order valence-electron chi connectivity index (χ1n) is 3.19. The number of hydrogen-bond donors (Lipinski definition) is 0. The third-order valence-corrected chi connectivity index (χ3v) is 1.24. The van der Waals surface area contributed by atoms with Crippen LogP contribution in [0, 0.1) is 18.3 Å². The monoisotopic (exact) mass is 123 g/mol. The van der Waals surface area contributed by atoms with Crippen molar-refractivity contribution in [3.8, 4) is 11.8 Å². The highest BCUT2D eigenvalue weighted by Crippen LogP contribution is 2.23. The molecule has 0 N–H and O–H groups in total. The van der Waals surface area contributed by atoms with Gasteiger partial charge in [0.15, 0.2) is 0 Å². The second-order valence-electron chi connectivity index (χ2n) is 2.43. The van der Waals surface area contributed by atoms with Crippen molar-refractivity contribution >= 4 is 0 Å². The largest absolute Gasteiger partial charge is 0.356 e. The molecule has 1 fully saturated rings. The maximum Gasteiger partial charge on any atom is 0.149 e. The number of epoxide rings is 1. The van der Waals surface area contributed by atoms with Gasteiger partial charge in [-0.25, -0.2) is 0 Å². The summed E-state index contributed by atoms with van der Waals surface area (Å²) in [7, 11) is 0. The van der Waals surface area contributed by atoms with E-state index in [1.54, 1.807) is 0 Å². The van der Waals surface area contributed by atoms with Gasteiger partial charge in [0, 0.05) is 6.42 Å². The van der Waals surface area contributed by atoms with E-state index in [1.807, 2.05) is 20.3 Å². The maximum atomic E-state index is 5.06. The molecule has 1 radical (unpaired) electrons. The lowest BCUT2D eigenvalue weighted by molar-refractivity contribution is 0.378. The summed E-state index contributed by atoms with van der Waals surface area (Å²) in [4.78, 5) is 0. The fourth-order valence-corrected chi connectivity index (χ4v) is 0.520. The Morgan fingerprint density at radius 2 is 2.44 bits per heavy atom. The van der Waals surface area contributed by atoms with Crippen molar-refractivity contribution in [1.29, 1.82) is 0 Å². The Kier molecular flexibility index (Phi) is 1.78. The Bertz CT molecular complexity index is 146. The van der Waals surface area contributed by atoms with Crippen molar-refractivity contribution in [3.63, 3.8) is 0 Å². The van der Waals surface area contributed by atoms with Gasteiger partial charge < -0.3 is 4.74 Å². The molecule has 1 unspecified atom stereocenters. The van der Waals surface area contributed by atoms with E-state index in [0.717, 1.165) is 13.0 Å². The van der Waals surface area contributed by atoms with Gasteiger partial charge in [0.05, 0.1) is 6.61 Å². The van der Waals surface area contributed by atoms with E-state index in [4.69, 9.17) is 4.74 Å². The Morgan fingerprint density at radius 3 is 2.89 bits per heavy atom. The first-order chi connectivity index (χ1) is 4.27. The maximum absolute atomic E-state index is 5.06. The molecule has 0 bridgehead atoms. The molecule has 1 atom stereocenters. The molecule has 1 aliphatic heterocycles.